The molecule has 0 saturated carbocycles. The summed E-state index contributed by atoms with van der Waals surface area (Å²) in [5, 5.41) is 11.5. The monoisotopic (exact) mass is 458 g/mol. The van der Waals surface area contributed by atoms with E-state index in [0.717, 1.165) is 11.1 Å². The Morgan fingerprint density at radius 1 is 1.09 bits per heavy atom. The van der Waals surface area contributed by atoms with E-state index in [0.29, 0.717) is 36.0 Å². The van der Waals surface area contributed by atoms with Gasteiger partial charge < -0.3 is 13.9 Å². The molecule has 0 radical (unpaired) electrons. The maximum Gasteiger partial charge on any atom is 0.290 e. The molecule has 9 heteroatoms. The highest BCUT2D eigenvalue weighted by atomic mass is 16.6. The first-order valence-electron chi connectivity index (χ1n) is 10.9. The van der Waals surface area contributed by atoms with Gasteiger partial charge in [-0.3, -0.25) is 19.7 Å². The third-order valence-electron chi connectivity index (χ3n) is 6.38. The lowest BCUT2D eigenvalue weighted by Crippen LogP contribution is -2.31. The van der Waals surface area contributed by atoms with Crippen molar-refractivity contribution in [1.82, 2.24) is 14.5 Å². The van der Waals surface area contributed by atoms with Crippen LogP contribution in [0.25, 0.3) is 11.0 Å². The molecular formula is C25H22N4O5. The number of hydrogen-bond donors (Lipinski definition) is 0. The van der Waals surface area contributed by atoms with Crippen molar-refractivity contribution in [2.45, 2.75) is 32.9 Å². The molecule has 172 valence electrons. The third-order valence-corrected chi connectivity index (χ3v) is 6.38. The smallest absolute Gasteiger partial charge is 0.290 e. The highest BCUT2D eigenvalue weighted by molar-refractivity contribution is 5.99. The Balaban J connectivity index is 1.61. The maximum atomic E-state index is 13.6. The van der Waals surface area contributed by atoms with Crippen LogP contribution < -0.4 is 5.43 Å². The minimum atomic E-state index is -0.687. The van der Waals surface area contributed by atoms with Gasteiger partial charge in [0.05, 0.1) is 28.2 Å². The lowest BCUT2D eigenvalue weighted by Gasteiger charge is -2.25. The molecule has 34 heavy (non-hydrogen) atoms. The predicted octanol–water partition coefficient (Wildman–Crippen LogP) is 4.15. The van der Waals surface area contributed by atoms with E-state index < -0.39 is 11.0 Å². The van der Waals surface area contributed by atoms with Crippen LogP contribution in [0.4, 0.5) is 5.69 Å². The van der Waals surface area contributed by atoms with Crippen LogP contribution in [0.3, 0.4) is 0 Å². The molecule has 0 spiro atoms. The Hall–Kier alpha value is -4.27. The minimum absolute atomic E-state index is 0.0340. The van der Waals surface area contributed by atoms with Gasteiger partial charge in [0.1, 0.15) is 5.58 Å². The van der Waals surface area contributed by atoms with Gasteiger partial charge in [-0.05, 0) is 61.2 Å². The van der Waals surface area contributed by atoms with Gasteiger partial charge in [-0.15, -0.1) is 0 Å². The molecule has 0 N–H and O–H groups in total. The first-order valence-corrected chi connectivity index (χ1v) is 10.9. The summed E-state index contributed by atoms with van der Waals surface area (Å²) in [5.74, 6) is -0.326. The standard InChI is InChI=1S/C25H22N4O5/c1-15-12-19-20(13-16(15)2)34-24-21(23(19)30)22(17-4-6-18(7-5-17)29(32)33)28(25(24)31)10-3-9-27-11-8-26-14-27/h4-8,11-14,22H,3,9-10H2,1-2H3. The van der Waals surface area contributed by atoms with E-state index in [4.69, 9.17) is 4.42 Å². The zero-order valence-corrected chi connectivity index (χ0v) is 18.7. The zero-order chi connectivity index (χ0) is 24.0. The number of amides is 1. The number of nitro benzene ring substituents is 1. The fourth-order valence-electron chi connectivity index (χ4n) is 4.47. The Morgan fingerprint density at radius 3 is 2.50 bits per heavy atom. The number of rotatable bonds is 6. The summed E-state index contributed by atoms with van der Waals surface area (Å²) in [6, 6.07) is 8.84. The van der Waals surface area contributed by atoms with Crippen LogP contribution in [0.5, 0.6) is 0 Å². The molecule has 1 aliphatic heterocycles. The van der Waals surface area contributed by atoms with Gasteiger partial charge in [0.15, 0.2) is 5.43 Å². The van der Waals surface area contributed by atoms with Gasteiger partial charge in [-0.25, -0.2) is 4.98 Å². The lowest BCUT2D eigenvalue weighted by atomic mass is 9.97. The van der Waals surface area contributed by atoms with Crippen LogP contribution in [0.15, 0.2) is 64.3 Å². The summed E-state index contributed by atoms with van der Waals surface area (Å²) < 4.78 is 7.93. The fraction of sp³-hybridized carbons (Fsp3) is 0.240. The second-order valence-corrected chi connectivity index (χ2v) is 8.51. The molecule has 0 saturated heterocycles. The van der Waals surface area contributed by atoms with Crippen molar-refractivity contribution in [3.8, 4) is 0 Å². The maximum absolute atomic E-state index is 13.6. The van der Waals surface area contributed by atoms with Crippen LogP contribution in [0.1, 0.15) is 45.3 Å². The number of hydrogen-bond acceptors (Lipinski definition) is 6. The number of fused-ring (bicyclic) bond motifs is 2. The van der Waals surface area contributed by atoms with Crippen molar-refractivity contribution >= 4 is 22.6 Å². The van der Waals surface area contributed by atoms with Crippen molar-refractivity contribution in [3.63, 3.8) is 0 Å². The van der Waals surface area contributed by atoms with E-state index in [1.165, 1.54) is 12.1 Å². The summed E-state index contributed by atoms with van der Waals surface area (Å²) >= 11 is 0. The highest BCUT2D eigenvalue weighted by Crippen LogP contribution is 2.39. The second kappa shape index (κ2) is 8.26. The number of nitrogens with zero attached hydrogens (tertiary/aromatic N) is 4. The van der Waals surface area contributed by atoms with Crippen LogP contribution in [-0.4, -0.2) is 31.8 Å². The average Bonchev–Trinajstić information content (AvgIpc) is 3.43. The number of imidazole rings is 1. The molecule has 3 heterocycles. The zero-order valence-electron chi connectivity index (χ0n) is 18.7. The quantitative estimate of drug-likeness (QED) is 0.317. The average molecular weight is 458 g/mol. The Labute approximate surface area is 194 Å². The number of non-ortho nitro benzene ring substituents is 1. The van der Waals surface area contributed by atoms with Crippen LogP contribution in [0.2, 0.25) is 0 Å². The number of benzene rings is 2. The van der Waals surface area contributed by atoms with Crippen LogP contribution >= 0.6 is 0 Å². The number of carbonyl (C=O) groups is 1. The number of nitro groups is 1. The van der Waals surface area contributed by atoms with E-state index in [2.05, 4.69) is 4.98 Å². The van der Waals surface area contributed by atoms with Crippen molar-refractivity contribution in [2.24, 2.45) is 0 Å². The van der Waals surface area contributed by atoms with Crippen molar-refractivity contribution < 1.29 is 14.1 Å². The van der Waals surface area contributed by atoms with Gasteiger partial charge in [0, 0.05) is 37.6 Å². The van der Waals surface area contributed by atoms with Crippen LogP contribution in [0, 0.1) is 24.0 Å². The van der Waals surface area contributed by atoms with E-state index in [-0.39, 0.29) is 28.3 Å². The summed E-state index contributed by atoms with van der Waals surface area (Å²) in [4.78, 5) is 43.4. The van der Waals surface area contributed by atoms with Gasteiger partial charge in [0.2, 0.25) is 5.76 Å². The second-order valence-electron chi connectivity index (χ2n) is 8.51. The molecule has 1 amide bonds. The predicted molar refractivity (Wildman–Crippen MR) is 125 cm³/mol. The highest BCUT2D eigenvalue weighted by Gasteiger charge is 2.42. The summed E-state index contributed by atoms with van der Waals surface area (Å²) in [6.07, 6.45) is 5.87. The van der Waals surface area contributed by atoms with E-state index in [1.807, 2.05) is 24.6 Å². The Morgan fingerprint density at radius 2 is 1.82 bits per heavy atom. The van der Waals surface area contributed by atoms with Gasteiger partial charge in [-0.2, -0.15) is 0 Å². The molecule has 0 fully saturated rings. The molecule has 1 atom stereocenters. The summed E-state index contributed by atoms with van der Waals surface area (Å²) in [6.45, 7) is 4.86. The Kier molecular flexibility index (Phi) is 5.24. The third kappa shape index (κ3) is 3.55. The van der Waals surface area contributed by atoms with Crippen molar-refractivity contribution in [2.75, 3.05) is 6.54 Å². The topological polar surface area (TPSA) is 111 Å². The lowest BCUT2D eigenvalue weighted by molar-refractivity contribution is -0.384. The van der Waals surface area contributed by atoms with Crippen LogP contribution in [-0.2, 0) is 6.54 Å². The first kappa shape index (κ1) is 21.6. The number of aryl methyl sites for hydroxylation is 3. The molecule has 0 aliphatic carbocycles. The molecule has 2 aromatic heterocycles. The first-order chi connectivity index (χ1) is 16.3. The number of aromatic nitrogens is 2. The number of carbonyl (C=O) groups excluding carboxylic acids is 1. The molecule has 1 unspecified atom stereocenters. The molecule has 4 aromatic rings. The molecule has 1 aliphatic rings. The fourth-order valence-corrected chi connectivity index (χ4v) is 4.47. The van der Waals surface area contributed by atoms with Crippen molar-refractivity contribution in [3.05, 3.63) is 103 Å². The molecule has 0 bridgehead atoms. The molecule has 5 rings (SSSR count). The van der Waals surface area contributed by atoms with E-state index >= 15 is 0 Å². The van der Waals surface area contributed by atoms with E-state index in [1.54, 1.807) is 41.7 Å². The Bertz CT molecular complexity index is 1470. The normalized spacial score (nSPS) is 15.2. The molecule has 9 nitrogen and oxygen atoms in total. The molecular weight excluding hydrogens is 436 g/mol. The summed E-state index contributed by atoms with van der Waals surface area (Å²) in [5.41, 5.74) is 2.87. The van der Waals surface area contributed by atoms with E-state index in [9.17, 15) is 19.7 Å². The van der Waals surface area contributed by atoms with Gasteiger partial charge in [0.25, 0.3) is 11.6 Å². The van der Waals surface area contributed by atoms with Crippen molar-refractivity contribution in [1.29, 1.82) is 0 Å². The van der Waals surface area contributed by atoms with Gasteiger partial charge in [-0.1, -0.05) is 0 Å². The SMILES string of the molecule is Cc1cc2oc3c(c(=O)c2cc1C)C(c1ccc([N+](=O)[O-])cc1)N(CCCn1ccnc1)C3=O. The minimum Gasteiger partial charge on any atom is -0.450 e. The van der Waals surface area contributed by atoms with Gasteiger partial charge >= 0.3 is 0 Å². The largest absolute Gasteiger partial charge is 0.450 e. The summed E-state index contributed by atoms with van der Waals surface area (Å²) in [7, 11) is 0. The molecule has 2 aromatic carbocycles.